The summed E-state index contributed by atoms with van der Waals surface area (Å²) >= 11 is 1.50. The van der Waals surface area contributed by atoms with Crippen LogP contribution in [0.25, 0.3) is 10.8 Å². The number of likely N-dealkylation sites (N-methyl/N-ethyl adjacent to an activating group) is 1. The normalized spacial score (nSPS) is 11.1. The third-order valence-electron chi connectivity index (χ3n) is 3.44. The molecule has 2 aromatic heterocycles. The molecular formula is C17H14F3N3O2S. The smallest absolute Gasteiger partial charge is 0.238 e. The van der Waals surface area contributed by atoms with Gasteiger partial charge in [0.2, 0.25) is 11.8 Å². The highest BCUT2D eigenvalue weighted by Gasteiger charge is 2.16. The standard InChI is InChI=1S/C17H14F3N3O2S/c1-23(7-10-9-25-17(21-10)13-3-2-6-26-13)8-14(24)22-12-5-4-11(18)15(19)16(12)20/h2-6,9H,7-8H2,1H3,(H,22,24). The molecule has 0 atom stereocenters. The van der Waals surface area contributed by atoms with E-state index in [-0.39, 0.29) is 6.54 Å². The Morgan fingerprint density at radius 1 is 1.27 bits per heavy atom. The van der Waals surface area contributed by atoms with Gasteiger partial charge in [-0.05, 0) is 30.6 Å². The zero-order chi connectivity index (χ0) is 18.7. The Labute approximate surface area is 151 Å². The quantitative estimate of drug-likeness (QED) is 0.658. The zero-order valence-electron chi connectivity index (χ0n) is 13.6. The van der Waals surface area contributed by atoms with Crippen molar-refractivity contribution in [2.24, 2.45) is 0 Å². The van der Waals surface area contributed by atoms with Gasteiger partial charge in [-0.25, -0.2) is 18.2 Å². The molecule has 0 unspecified atom stereocenters. The molecular weight excluding hydrogens is 367 g/mol. The van der Waals surface area contributed by atoms with Crippen molar-refractivity contribution in [2.45, 2.75) is 6.54 Å². The number of hydrogen-bond donors (Lipinski definition) is 1. The Hall–Kier alpha value is -2.65. The van der Waals surface area contributed by atoms with Gasteiger partial charge >= 0.3 is 0 Å². The molecule has 0 aliphatic heterocycles. The largest absolute Gasteiger partial charge is 0.444 e. The van der Waals surface area contributed by atoms with Gasteiger partial charge in [0, 0.05) is 6.54 Å². The van der Waals surface area contributed by atoms with E-state index in [0.717, 1.165) is 17.0 Å². The first kappa shape index (κ1) is 18.2. The number of thiophene rings is 1. The minimum absolute atomic E-state index is 0.0976. The average molecular weight is 381 g/mol. The van der Waals surface area contributed by atoms with E-state index < -0.39 is 29.0 Å². The molecule has 1 aromatic carbocycles. The fourth-order valence-electron chi connectivity index (χ4n) is 2.28. The number of anilines is 1. The maximum Gasteiger partial charge on any atom is 0.238 e. The number of nitrogens with one attached hydrogen (secondary N) is 1. The van der Waals surface area contributed by atoms with Gasteiger partial charge in [0.25, 0.3) is 0 Å². The summed E-state index contributed by atoms with van der Waals surface area (Å²) in [5.41, 5.74) is 0.214. The molecule has 0 aliphatic rings. The first-order chi connectivity index (χ1) is 12.4. The van der Waals surface area contributed by atoms with Crippen LogP contribution < -0.4 is 5.32 Å². The summed E-state index contributed by atoms with van der Waals surface area (Å²) in [6, 6.07) is 5.49. The Bertz CT molecular complexity index is 912. The van der Waals surface area contributed by atoms with Gasteiger partial charge in [-0.2, -0.15) is 0 Å². The molecule has 0 bridgehead atoms. The number of oxazole rings is 1. The van der Waals surface area contributed by atoms with Crippen LogP contribution in [0, 0.1) is 17.5 Å². The maximum atomic E-state index is 13.6. The fourth-order valence-corrected chi connectivity index (χ4v) is 2.94. The molecule has 0 fully saturated rings. The van der Waals surface area contributed by atoms with Crippen LogP contribution in [-0.2, 0) is 11.3 Å². The van der Waals surface area contributed by atoms with Crippen molar-refractivity contribution >= 4 is 22.9 Å². The minimum Gasteiger partial charge on any atom is -0.444 e. The van der Waals surface area contributed by atoms with E-state index in [1.807, 2.05) is 17.5 Å². The number of nitrogens with zero attached hydrogens (tertiary/aromatic N) is 2. The summed E-state index contributed by atoms with van der Waals surface area (Å²) in [4.78, 5) is 18.8. The molecule has 2 heterocycles. The topological polar surface area (TPSA) is 58.4 Å². The van der Waals surface area contributed by atoms with Crippen molar-refractivity contribution in [1.82, 2.24) is 9.88 Å². The summed E-state index contributed by atoms with van der Waals surface area (Å²) in [6.45, 7) is 0.224. The van der Waals surface area contributed by atoms with E-state index in [2.05, 4.69) is 10.3 Å². The number of halogens is 3. The van der Waals surface area contributed by atoms with Gasteiger partial charge in [-0.15, -0.1) is 11.3 Å². The zero-order valence-corrected chi connectivity index (χ0v) is 14.4. The molecule has 136 valence electrons. The van der Waals surface area contributed by atoms with Crippen molar-refractivity contribution < 1.29 is 22.4 Å². The predicted octanol–water partition coefficient (Wildman–Crippen LogP) is 3.89. The van der Waals surface area contributed by atoms with E-state index >= 15 is 0 Å². The molecule has 0 radical (unpaired) electrons. The van der Waals surface area contributed by atoms with E-state index in [1.54, 1.807) is 11.9 Å². The summed E-state index contributed by atoms with van der Waals surface area (Å²) in [7, 11) is 1.67. The molecule has 0 saturated carbocycles. The van der Waals surface area contributed by atoms with Gasteiger partial charge in [0.1, 0.15) is 6.26 Å². The number of benzene rings is 1. The van der Waals surface area contributed by atoms with E-state index in [9.17, 15) is 18.0 Å². The lowest BCUT2D eigenvalue weighted by molar-refractivity contribution is -0.117. The van der Waals surface area contributed by atoms with E-state index in [0.29, 0.717) is 18.1 Å². The van der Waals surface area contributed by atoms with Crippen molar-refractivity contribution in [3.05, 3.63) is 59.1 Å². The number of carbonyl (C=O) groups excluding carboxylic acids is 1. The van der Waals surface area contributed by atoms with E-state index in [1.165, 1.54) is 17.6 Å². The molecule has 26 heavy (non-hydrogen) atoms. The Kier molecular flexibility index (Phi) is 5.38. The summed E-state index contributed by atoms with van der Waals surface area (Å²) in [6.07, 6.45) is 1.50. The van der Waals surface area contributed by atoms with Crippen molar-refractivity contribution in [3.8, 4) is 10.8 Å². The highest BCUT2D eigenvalue weighted by Crippen LogP contribution is 2.24. The number of amides is 1. The van der Waals surface area contributed by atoms with E-state index in [4.69, 9.17) is 4.42 Å². The summed E-state index contributed by atoms with van der Waals surface area (Å²) in [5.74, 6) is -4.45. The predicted molar refractivity (Wildman–Crippen MR) is 91.1 cm³/mol. The molecule has 3 aromatic rings. The van der Waals surface area contributed by atoms with Gasteiger partial charge < -0.3 is 9.73 Å². The molecule has 0 saturated heterocycles. The lowest BCUT2D eigenvalue weighted by Crippen LogP contribution is -2.30. The van der Waals surface area contributed by atoms with Crippen LogP contribution in [0.1, 0.15) is 5.69 Å². The number of rotatable bonds is 6. The molecule has 0 aliphatic carbocycles. The first-order valence-electron chi connectivity index (χ1n) is 7.54. The Morgan fingerprint density at radius 3 is 2.81 bits per heavy atom. The van der Waals surface area contributed by atoms with Gasteiger partial charge in [-0.3, -0.25) is 9.69 Å². The molecule has 3 rings (SSSR count). The van der Waals surface area contributed by atoms with Crippen molar-refractivity contribution in [1.29, 1.82) is 0 Å². The third kappa shape index (κ3) is 4.12. The van der Waals surface area contributed by atoms with Gasteiger partial charge in [0.15, 0.2) is 17.5 Å². The van der Waals surface area contributed by atoms with Crippen LogP contribution in [0.3, 0.4) is 0 Å². The highest BCUT2D eigenvalue weighted by atomic mass is 32.1. The second-order valence-corrected chi connectivity index (χ2v) is 6.51. The second-order valence-electron chi connectivity index (χ2n) is 5.56. The fraction of sp³-hybridized carbons (Fsp3) is 0.176. The number of carbonyl (C=O) groups is 1. The highest BCUT2D eigenvalue weighted by molar-refractivity contribution is 7.13. The summed E-state index contributed by atoms with van der Waals surface area (Å²) < 4.78 is 45.1. The lowest BCUT2D eigenvalue weighted by Gasteiger charge is -2.15. The average Bonchev–Trinajstić information content (AvgIpc) is 3.26. The second kappa shape index (κ2) is 7.71. The number of aromatic nitrogens is 1. The van der Waals surface area contributed by atoms with Gasteiger partial charge in [-0.1, -0.05) is 6.07 Å². The van der Waals surface area contributed by atoms with Crippen LogP contribution in [0.2, 0.25) is 0 Å². The molecule has 1 N–H and O–H groups in total. The number of hydrogen-bond acceptors (Lipinski definition) is 5. The molecule has 0 spiro atoms. The van der Waals surface area contributed by atoms with Crippen LogP contribution in [-0.4, -0.2) is 29.4 Å². The lowest BCUT2D eigenvalue weighted by atomic mass is 10.2. The first-order valence-corrected chi connectivity index (χ1v) is 8.42. The minimum atomic E-state index is -1.63. The van der Waals surface area contributed by atoms with Crippen LogP contribution in [0.15, 0.2) is 40.3 Å². The van der Waals surface area contributed by atoms with Crippen molar-refractivity contribution in [2.75, 3.05) is 18.9 Å². The Balaban J connectivity index is 1.57. The van der Waals surface area contributed by atoms with Crippen molar-refractivity contribution in [3.63, 3.8) is 0 Å². The maximum absolute atomic E-state index is 13.6. The van der Waals surface area contributed by atoms with Crippen LogP contribution >= 0.6 is 11.3 Å². The summed E-state index contributed by atoms with van der Waals surface area (Å²) in [5, 5.41) is 4.13. The molecule has 5 nitrogen and oxygen atoms in total. The monoisotopic (exact) mass is 381 g/mol. The SMILES string of the molecule is CN(CC(=O)Nc1ccc(F)c(F)c1F)Cc1coc(-c2cccs2)n1. The molecule has 9 heteroatoms. The van der Waals surface area contributed by atoms with Crippen LogP contribution in [0.5, 0.6) is 0 Å². The third-order valence-corrected chi connectivity index (χ3v) is 4.30. The van der Waals surface area contributed by atoms with Crippen LogP contribution in [0.4, 0.5) is 18.9 Å². The Morgan fingerprint density at radius 2 is 2.08 bits per heavy atom. The molecule has 1 amide bonds. The van der Waals surface area contributed by atoms with Gasteiger partial charge in [0.05, 0.1) is 22.8 Å².